The maximum Gasteiger partial charge on any atom is 0.341 e. The molecule has 6 rings (SSSR count). The molecule has 2 aromatic heterocycles. The largest absolute Gasteiger partial charge is 0.477 e. The van der Waals surface area contributed by atoms with Crippen LogP contribution in [0.25, 0.3) is 5.65 Å². The summed E-state index contributed by atoms with van der Waals surface area (Å²) in [7, 11) is 0. The van der Waals surface area contributed by atoms with Gasteiger partial charge in [-0.3, -0.25) is 9.59 Å². The molecule has 0 spiro atoms. The molecule has 270 valence electrons. The third kappa shape index (κ3) is 8.52. The molecule has 0 radical (unpaired) electrons. The Morgan fingerprint density at radius 2 is 1.71 bits per heavy atom. The molecule has 2 amide bonds. The van der Waals surface area contributed by atoms with Gasteiger partial charge in [-0.15, -0.1) is 0 Å². The number of carboxylic acids is 1. The highest BCUT2D eigenvalue weighted by Crippen LogP contribution is 2.35. The third-order valence-corrected chi connectivity index (χ3v) is 8.34. The van der Waals surface area contributed by atoms with E-state index in [1.165, 1.54) is 12.1 Å². The van der Waals surface area contributed by atoms with E-state index in [1.54, 1.807) is 57.2 Å². The summed E-state index contributed by atoms with van der Waals surface area (Å²) in [6.45, 7) is 7.01. The summed E-state index contributed by atoms with van der Waals surface area (Å²) >= 11 is 5.56. The van der Waals surface area contributed by atoms with Crippen molar-refractivity contribution in [1.82, 2.24) is 25.2 Å². The molecule has 0 bridgehead atoms. The summed E-state index contributed by atoms with van der Waals surface area (Å²) in [5.41, 5.74) is 7.70. The quantitative estimate of drug-likeness (QED) is 0.111. The second-order valence-corrected chi connectivity index (χ2v) is 13.4. The minimum atomic E-state index is -1.36. The van der Waals surface area contributed by atoms with Crippen molar-refractivity contribution in [3.05, 3.63) is 128 Å². The van der Waals surface area contributed by atoms with E-state index in [1.807, 2.05) is 6.92 Å². The predicted molar refractivity (Wildman–Crippen MR) is 188 cm³/mol. The van der Waals surface area contributed by atoms with Gasteiger partial charge in [0.25, 0.3) is 11.8 Å². The van der Waals surface area contributed by atoms with Crippen LogP contribution in [-0.2, 0) is 17.7 Å². The van der Waals surface area contributed by atoms with Gasteiger partial charge in [-0.05, 0) is 105 Å². The number of amides is 2. The fourth-order valence-corrected chi connectivity index (χ4v) is 5.72. The average molecular weight is 733 g/mol. The lowest BCUT2D eigenvalue weighted by Gasteiger charge is -2.21. The first-order valence-electron chi connectivity index (χ1n) is 16.0. The van der Waals surface area contributed by atoms with Gasteiger partial charge in [0.2, 0.25) is 0 Å². The summed E-state index contributed by atoms with van der Waals surface area (Å²) in [6.07, 6.45) is 2.16. The first-order valence-corrected chi connectivity index (χ1v) is 16.4. The number of fused-ring (bicyclic) bond motifs is 2. The Bertz CT molecular complexity index is 2180. The van der Waals surface area contributed by atoms with Gasteiger partial charge < -0.3 is 26.2 Å². The Hall–Kier alpha value is -5.89. The number of nitrogen functional groups attached to an aromatic ring is 1. The number of nitrogens with two attached hydrogens (primary N) is 1. The summed E-state index contributed by atoms with van der Waals surface area (Å²) < 4.78 is 33.4. The van der Waals surface area contributed by atoms with Crippen molar-refractivity contribution >= 4 is 46.7 Å². The smallest absolute Gasteiger partial charge is 0.341 e. The zero-order chi connectivity index (χ0) is 37.9. The molecule has 0 saturated carbocycles. The maximum atomic E-state index is 13.6. The lowest BCUT2D eigenvalue weighted by Crippen LogP contribution is -2.31. The summed E-state index contributed by atoms with van der Waals surface area (Å²) in [6, 6.07) is 14.4. The molecule has 0 fully saturated rings. The van der Waals surface area contributed by atoms with Crippen molar-refractivity contribution in [3.8, 4) is 0 Å². The fraction of sp³-hybridized carbons (Fsp3) is 0.243. The highest BCUT2D eigenvalue weighted by atomic mass is 35.5. The molecule has 1 aliphatic carbocycles. The lowest BCUT2D eigenvalue weighted by atomic mass is 9.97. The molecule has 5 N–H and O–H groups in total. The Morgan fingerprint density at radius 3 is 2.35 bits per heavy atom. The monoisotopic (exact) mass is 732 g/mol. The van der Waals surface area contributed by atoms with Gasteiger partial charge in [-0.1, -0.05) is 23.7 Å². The van der Waals surface area contributed by atoms with E-state index in [-0.39, 0.29) is 34.7 Å². The normalized spacial score (nSPS) is 13.5. The molecule has 15 heteroatoms. The van der Waals surface area contributed by atoms with Crippen LogP contribution in [-0.4, -0.2) is 49.1 Å². The van der Waals surface area contributed by atoms with E-state index in [0.717, 1.165) is 50.2 Å². The number of hydrogen-bond donors (Lipinski definition) is 4. The van der Waals surface area contributed by atoms with Crippen LogP contribution in [0.5, 0.6) is 0 Å². The minimum Gasteiger partial charge on any atom is -0.477 e. The number of carboxylic acid groups (broad SMARTS) is 1. The molecule has 1 atom stereocenters. The first-order chi connectivity index (χ1) is 24.5. The van der Waals surface area contributed by atoms with Crippen molar-refractivity contribution in [2.45, 2.75) is 58.7 Å². The topological polar surface area (TPSA) is 178 Å². The molecule has 2 heterocycles. The molecular formula is C37H35ClF2N6O6. The highest BCUT2D eigenvalue weighted by molar-refractivity contribution is 6.30. The highest BCUT2D eigenvalue weighted by Gasteiger charge is 2.30. The predicted octanol–water partition coefficient (Wildman–Crippen LogP) is 6.24. The molecule has 3 aromatic carbocycles. The summed E-state index contributed by atoms with van der Waals surface area (Å²) in [5, 5.41) is 19.8. The van der Waals surface area contributed by atoms with Crippen LogP contribution in [0, 0.1) is 18.6 Å². The van der Waals surface area contributed by atoms with Crippen LogP contribution in [0.15, 0.2) is 66.9 Å². The number of benzene rings is 3. The zero-order valence-electron chi connectivity index (χ0n) is 28.6. The van der Waals surface area contributed by atoms with E-state index in [9.17, 15) is 33.1 Å². The Balaban J connectivity index is 0.000000577. The van der Waals surface area contributed by atoms with Gasteiger partial charge in [0.15, 0.2) is 17.3 Å². The molecular weight excluding hydrogens is 698 g/mol. The van der Waals surface area contributed by atoms with Crippen LogP contribution < -0.4 is 16.4 Å². The average Bonchev–Trinajstić information content (AvgIpc) is 3.70. The Labute approximate surface area is 302 Å². The van der Waals surface area contributed by atoms with Gasteiger partial charge >= 0.3 is 11.9 Å². The standard InChI is InChI=1S/C31H29F2N5O6.C6H6ClN/c1-15-17-8-10-23(19(17)7-6-18(15)30(43)44-31(2,3)4)37-28(40)25-12-24(36-26-20(29(41)42)14-35-38(25)26)27(39)34-13-16-5-9-21(32)22(33)11-16;7-5-1-3-6(8)4-2-5/h5-7,9,11-12,14,23H,8,10,13H2,1-4H3,(H,34,39)(H,37,40)(H,41,42);1-4H,8H2/t23-;/m0./s1. The van der Waals surface area contributed by atoms with E-state index in [0.29, 0.717) is 18.4 Å². The number of aromatic carboxylic acids is 1. The maximum absolute atomic E-state index is 13.6. The van der Waals surface area contributed by atoms with Crippen molar-refractivity contribution < 1.29 is 37.8 Å². The number of carbonyl (C=O) groups excluding carboxylic acids is 3. The van der Waals surface area contributed by atoms with Gasteiger partial charge in [-0.2, -0.15) is 5.10 Å². The van der Waals surface area contributed by atoms with Crippen molar-refractivity contribution in [3.63, 3.8) is 0 Å². The van der Waals surface area contributed by atoms with E-state index >= 15 is 0 Å². The molecule has 5 aromatic rings. The number of anilines is 1. The number of carbonyl (C=O) groups is 4. The Morgan fingerprint density at radius 1 is 1.00 bits per heavy atom. The Kier molecular flexibility index (Phi) is 10.9. The molecule has 12 nitrogen and oxygen atoms in total. The summed E-state index contributed by atoms with van der Waals surface area (Å²) in [5.74, 6) is -5.33. The van der Waals surface area contributed by atoms with Gasteiger partial charge in [0.1, 0.15) is 22.6 Å². The second kappa shape index (κ2) is 15.2. The van der Waals surface area contributed by atoms with E-state index in [2.05, 4.69) is 20.7 Å². The molecule has 52 heavy (non-hydrogen) atoms. The number of hydrogen-bond acceptors (Lipinski definition) is 8. The summed E-state index contributed by atoms with van der Waals surface area (Å²) in [4.78, 5) is 55.3. The second-order valence-electron chi connectivity index (χ2n) is 13.0. The molecule has 0 unspecified atom stereocenters. The number of rotatable bonds is 7. The third-order valence-electron chi connectivity index (χ3n) is 8.09. The van der Waals surface area contributed by atoms with Gasteiger partial charge in [0.05, 0.1) is 17.8 Å². The molecule has 0 aliphatic heterocycles. The van der Waals surface area contributed by atoms with Crippen LogP contribution in [0.1, 0.15) is 97.2 Å². The SMILES string of the molecule is Cc1c(C(=O)OC(C)(C)C)ccc2c1CC[C@@H]2NC(=O)c1cc(C(=O)NCc2ccc(F)c(F)c2)nc2c(C(=O)O)cnn12.Nc1ccc(Cl)cc1. The van der Waals surface area contributed by atoms with Gasteiger partial charge in [0, 0.05) is 23.3 Å². The van der Waals surface area contributed by atoms with Crippen molar-refractivity contribution in [1.29, 1.82) is 0 Å². The number of nitrogens with zero attached hydrogens (tertiary/aromatic N) is 3. The van der Waals surface area contributed by atoms with Crippen molar-refractivity contribution in [2.24, 2.45) is 0 Å². The number of halogens is 3. The molecule has 0 saturated heterocycles. The first kappa shape index (κ1) is 37.4. The van der Waals surface area contributed by atoms with Crippen LogP contribution in [0.2, 0.25) is 5.02 Å². The molecule has 1 aliphatic rings. The van der Waals surface area contributed by atoms with Gasteiger partial charge in [-0.25, -0.2) is 27.9 Å². The van der Waals surface area contributed by atoms with E-state index < -0.39 is 47.0 Å². The van der Waals surface area contributed by atoms with Crippen LogP contribution >= 0.6 is 11.6 Å². The van der Waals surface area contributed by atoms with Crippen LogP contribution in [0.4, 0.5) is 14.5 Å². The minimum absolute atomic E-state index is 0.143. The zero-order valence-corrected chi connectivity index (χ0v) is 29.3. The number of esters is 1. The lowest BCUT2D eigenvalue weighted by molar-refractivity contribution is 0.00681. The number of aromatic nitrogens is 3. The van der Waals surface area contributed by atoms with Crippen molar-refractivity contribution in [2.75, 3.05) is 5.73 Å². The number of nitrogens with one attached hydrogen (secondary N) is 2. The fourth-order valence-electron chi connectivity index (χ4n) is 5.59. The number of ether oxygens (including phenoxy) is 1. The van der Waals surface area contributed by atoms with E-state index in [4.69, 9.17) is 22.1 Å². The van der Waals surface area contributed by atoms with Crippen LogP contribution in [0.3, 0.4) is 0 Å².